The average Bonchev–Trinajstić information content (AvgIpc) is 2.91. The summed E-state index contributed by atoms with van der Waals surface area (Å²) in [4.78, 5) is 24.6. The number of likely N-dealkylation sites (tertiary alicyclic amines) is 1. The highest BCUT2D eigenvalue weighted by molar-refractivity contribution is 8.00. The molecule has 2 aliphatic heterocycles. The third kappa shape index (κ3) is 6.00. The van der Waals surface area contributed by atoms with E-state index < -0.39 is 0 Å². The highest BCUT2D eigenvalue weighted by Crippen LogP contribution is 2.38. The zero-order valence-electron chi connectivity index (χ0n) is 20.9. The van der Waals surface area contributed by atoms with E-state index in [4.69, 9.17) is 4.74 Å². The van der Waals surface area contributed by atoms with Crippen molar-refractivity contribution >= 4 is 43.0 Å². The molecule has 0 saturated carbocycles. The van der Waals surface area contributed by atoms with E-state index in [2.05, 4.69) is 68.6 Å². The number of methoxy groups -OCH3 is 1. The first-order valence-electron chi connectivity index (χ1n) is 12.6. The van der Waals surface area contributed by atoms with Gasteiger partial charge in [0.05, 0.1) is 35.2 Å². The topological polar surface area (TPSA) is 79.4 Å². The predicted octanol–water partition coefficient (Wildman–Crippen LogP) is 4.53. The van der Waals surface area contributed by atoms with Crippen LogP contribution in [0.25, 0.3) is 10.9 Å². The number of rotatable bonds is 9. The van der Waals surface area contributed by atoms with Crippen molar-refractivity contribution in [3.8, 4) is 5.75 Å². The van der Waals surface area contributed by atoms with Crippen LogP contribution < -0.4 is 15.4 Å². The van der Waals surface area contributed by atoms with Crippen LogP contribution in [0.2, 0.25) is 0 Å². The Labute approximate surface area is 219 Å². The minimum atomic E-state index is 0.0253. The van der Waals surface area contributed by atoms with Crippen LogP contribution in [0.15, 0.2) is 47.5 Å². The molecule has 7 nitrogen and oxygen atoms in total. The van der Waals surface area contributed by atoms with E-state index in [1.165, 1.54) is 23.8 Å². The van der Waals surface area contributed by atoms with Crippen molar-refractivity contribution in [3.63, 3.8) is 0 Å². The van der Waals surface area contributed by atoms with Crippen LogP contribution in [0, 0.1) is 5.92 Å². The second kappa shape index (κ2) is 11.9. The van der Waals surface area contributed by atoms with Gasteiger partial charge in [-0.1, -0.05) is 12.1 Å². The smallest absolute Gasteiger partial charge is 0.235 e. The number of aromatic nitrogens is 2. The van der Waals surface area contributed by atoms with Crippen molar-refractivity contribution < 1.29 is 9.53 Å². The molecule has 4 heterocycles. The summed E-state index contributed by atoms with van der Waals surface area (Å²) in [5.74, 6) is 2.63. The zero-order valence-corrected chi connectivity index (χ0v) is 22.7. The maximum atomic E-state index is 11.7. The predicted molar refractivity (Wildman–Crippen MR) is 150 cm³/mol. The number of anilines is 1. The largest absolute Gasteiger partial charge is 0.495 e. The minimum absolute atomic E-state index is 0.0253. The number of nitrogens with one attached hydrogen (secondary N) is 2. The fourth-order valence-electron chi connectivity index (χ4n) is 5.16. The fraction of sp³-hybridized carbons (Fsp3) is 0.444. The average molecular weight is 524 g/mol. The molecule has 1 fully saturated rings. The van der Waals surface area contributed by atoms with Crippen LogP contribution in [0.5, 0.6) is 5.75 Å². The Balaban J connectivity index is 1.18. The summed E-state index contributed by atoms with van der Waals surface area (Å²) in [6.07, 6.45) is 4.28. The number of benzene rings is 1. The number of carbonyl (C=O) groups is 1. The number of carbonyl (C=O) groups excluding carboxylic acids is 1. The van der Waals surface area contributed by atoms with Crippen molar-refractivity contribution in [2.45, 2.75) is 29.9 Å². The molecule has 3 unspecified atom stereocenters. The lowest BCUT2D eigenvalue weighted by atomic mass is 9.97. The minimum Gasteiger partial charge on any atom is -0.495 e. The molecule has 0 bridgehead atoms. The number of piperidine rings is 1. The summed E-state index contributed by atoms with van der Waals surface area (Å²) >= 11 is 1.55. The molecule has 0 spiro atoms. The maximum absolute atomic E-state index is 11.7. The Morgan fingerprint density at radius 1 is 1.33 bits per heavy atom. The Kier molecular flexibility index (Phi) is 8.37. The van der Waals surface area contributed by atoms with Gasteiger partial charge in [-0.2, -0.15) is 0 Å². The van der Waals surface area contributed by atoms with Gasteiger partial charge in [0.2, 0.25) is 5.91 Å². The van der Waals surface area contributed by atoms with Crippen molar-refractivity contribution in [3.05, 3.63) is 53.9 Å². The van der Waals surface area contributed by atoms with Crippen LogP contribution in [-0.4, -0.2) is 66.5 Å². The molecule has 1 saturated heterocycles. The van der Waals surface area contributed by atoms with Gasteiger partial charge < -0.3 is 20.3 Å². The summed E-state index contributed by atoms with van der Waals surface area (Å²) in [5.41, 5.74) is 3.87. The summed E-state index contributed by atoms with van der Waals surface area (Å²) in [7, 11) is 2.52. The van der Waals surface area contributed by atoms with Crippen LogP contribution in [0.1, 0.15) is 29.8 Å². The number of hydrogen-bond acceptors (Lipinski definition) is 7. The van der Waals surface area contributed by atoms with E-state index in [9.17, 15) is 4.79 Å². The second-order valence-electron chi connectivity index (χ2n) is 9.52. The van der Waals surface area contributed by atoms with Crippen molar-refractivity contribution in [2.24, 2.45) is 5.92 Å². The van der Waals surface area contributed by atoms with Gasteiger partial charge in [0.15, 0.2) is 0 Å². The van der Waals surface area contributed by atoms with Crippen LogP contribution in [0.3, 0.4) is 0 Å². The highest BCUT2D eigenvalue weighted by Gasteiger charge is 2.24. The van der Waals surface area contributed by atoms with Crippen molar-refractivity contribution in [1.82, 2.24) is 20.2 Å². The molecule has 3 aromatic rings. The lowest BCUT2D eigenvalue weighted by molar-refractivity contribution is -0.113. The van der Waals surface area contributed by atoms with Gasteiger partial charge >= 0.3 is 0 Å². The van der Waals surface area contributed by atoms with Gasteiger partial charge in [0.1, 0.15) is 11.6 Å². The van der Waals surface area contributed by atoms with Gasteiger partial charge in [-0.3, -0.25) is 9.78 Å². The monoisotopic (exact) mass is 523 g/mol. The molecule has 2 aliphatic rings. The first-order valence-corrected chi connectivity index (χ1v) is 15.1. The molecule has 190 valence electrons. The molecular weight excluding hydrogens is 489 g/mol. The third-order valence-electron chi connectivity index (χ3n) is 7.01. The number of ether oxygens (including phenoxy) is 1. The summed E-state index contributed by atoms with van der Waals surface area (Å²) in [5, 5.41) is 7.71. The number of nitrogens with zero attached hydrogens (tertiary/aromatic N) is 3. The van der Waals surface area contributed by atoms with E-state index in [0.29, 0.717) is 29.7 Å². The summed E-state index contributed by atoms with van der Waals surface area (Å²) < 4.78 is 5.45. The van der Waals surface area contributed by atoms with Crippen LogP contribution in [0.4, 0.5) is 5.82 Å². The number of thioether (sulfide) groups is 1. The zero-order chi connectivity index (χ0) is 24.9. The standard InChI is InChI=1S/C27H34N5O2PS/c1-34-20-11-22-21(6-3-7-23(22)29-14-20)24(35-2)16-32-10-4-5-18(15-32)12-28-13-19-8-9-25-27(30-19)31-26(33)17-36-25/h3,6-9,11,14,18,24,28,35H,4-5,10,12-13,15-17H2,1-2H3,(H,30,31,33). The quantitative estimate of drug-likeness (QED) is 0.399. The lowest BCUT2D eigenvalue weighted by Crippen LogP contribution is -2.41. The van der Waals surface area contributed by atoms with Crippen LogP contribution >= 0.6 is 20.3 Å². The van der Waals surface area contributed by atoms with E-state index in [-0.39, 0.29) is 5.91 Å². The second-order valence-corrected chi connectivity index (χ2v) is 11.8. The Morgan fingerprint density at radius 2 is 2.25 bits per heavy atom. The molecule has 2 aromatic heterocycles. The van der Waals surface area contributed by atoms with Gasteiger partial charge in [0, 0.05) is 30.7 Å². The van der Waals surface area contributed by atoms with Crippen molar-refractivity contribution in [2.75, 3.05) is 51.0 Å². The molecule has 5 rings (SSSR count). The fourth-order valence-corrected chi connectivity index (χ4v) is 6.92. The molecule has 1 aromatic carbocycles. The Bertz CT molecular complexity index is 1230. The Hall–Kier alpha value is -2.25. The number of pyridine rings is 2. The molecule has 0 aliphatic carbocycles. The van der Waals surface area contributed by atoms with E-state index in [0.717, 1.165) is 56.6 Å². The van der Waals surface area contributed by atoms with E-state index >= 15 is 0 Å². The first-order chi connectivity index (χ1) is 17.6. The third-order valence-corrected chi connectivity index (χ3v) is 9.25. The van der Waals surface area contributed by atoms with Crippen LogP contribution in [-0.2, 0) is 11.3 Å². The molecule has 2 N–H and O–H groups in total. The van der Waals surface area contributed by atoms with Gasteiger partial charge in [-0.15, -0.1) is 20.3 Å². The lowest BCUT2D eigenvalue weighted by Gasteiger charge is -2.35. The number of hydrogen-bond donors (Lipinski definition) is 2. The van der Waals surface area contributed by atoms with Crippen molar-refractivity contribution in [1.29, 1.82) is 0 Å². The van der Waals surface area contributed by atoms with Gasteiger partial charge in [-0.05, 0) is 68.3 Å². The first kappa shape index (κ1) is 25.4. The summed E-state index contributed by atoms with van der Waals surface area (Å²) in [6, 6.07) is 12.7. The SMILES string of the molecule is COc1cnc2cccc(C(CN3CCCC(CNCc4ccc5c(n4)NC(=O)CS5)C3)PC)c2c1. The maximum Gasteiger partial charge on any atom is 0.235 e. The molecule has 9 heteroatoms. The van der Waals surface area contributed by atoms with E-state index in [1.54, 1.807) is 25.1 Å². The number of fused-ring (bicyclic) bond motifs is 2. The highest BCUT2D eigenvalue weighted by atomic mass is 32.2. The molecular formula is C27H34N5O2PS. The van der Waals surface area contributed by atoms with Gasteiger partial charge in [-0.25, -0.2) is 4.98 Å². The Morgan fingerprint density at radius 3 is 3.11 bits per heavy atom. The van der Waals surface area contributed by atoms with Gasteiger partial charge in [0.25, 0.3) is 0 Å². The molecule has 3 atom stereocenters. The molecule has 1 amide bonds. The normalized spacial score (nSPS) is 19.4. The number of amides is 1. The summed E-state index contributed by atoms with van der Waals surface area (Å²) in [6.45, 7) is 7.36. The van der Waals surface area contributed by atoms with E-state index in [1.807, 2.05) is 0 Å². The molecule has 36 heavy (non-hydrogen) atoms. The molecule has 0 radical (unpaired) electrons.